The van der Waals surface area contributed by atoms with E-state index in [1.54, 1.807) is 23.6 Å². The molecule has 10 heteroatoms. The summed E-state index contributed by atoms with van der Waals surface area (Å²) in [7, 11) is -4.51. The molecular formula is C15H11N3O5S2. The molecule has 0 saturated heterocycles. The lowest BCUT2D eigenvalue weighted by Crippen LogP contribution is -2.01. The lowest BCUT2D eigenvalue weighted by molar-refractivity contribution is 0.0703. The highest BCUT2D eigenvalue weighted by Gasteiger charge is 2.18. The van der Waals surface area contributed by atoms with Gasteiger partial charge >= 0.3 is 5.97 Å². The molecule has 3 rings (SSSR count). The van der Waals surface area contributed by atoms with E-state index in [0.29, 0.717) is 5.39 Å². The molecule has 0 aliphatic rings. The SMILES string of the molecule is Nc1c(/N=N/c2ccsc2C(=O)O)cc(S(=O)(=O)O)c2ccccc12. The van der Waals surface area contributed by atoms with Crippen LogP contribution in [0.1, 0.15) is 9.67 Å². The van der Waals surface area contributed by atoms with Crippen molar-refractivity contribution >= 4 is 55.3 Å². The Bertz CT molecular complexity index is 1120. The van der Waals surface area contributed by atoms with Crippen molar-refractivity contribution in [2.45, 2.75) is 4.90 Å². The van der Waals surface area contributed by atoms with Gasteiger partial charge in [-0.2, -0.15) is 8.42 Å². The number of azo groups is 1. The van der Waals surface area contributed by atoms with E-state index in [1.807, 2.05) is 0 Å². The fourth-order valence-electron chi connectivity index (χ4n) is 2.30. The summed E-state index contributed by atoms with van der Waals surface area (Å²) >= 11 is 0.987. The van der Waals surface area contributed by atoms with E-state index in [4.69, 9.17) is 10.8 Å². The number of rotatable bonds is 4. The summed E-state index contributed by atoms with van der Waals surface area (Å²) in [5.74, 6) is -1.14. The number of hydrogen-bond acceptors (Lipinski definition) is 7. The standard InChI is InChI=1S/C15H11N3O5S2/c16-13-9-4-2-1-3-8(9)12(25(21,22)23)7-11(13)18-17-10-5-6-24-14(10)15(19)20/h1-7H,16H2,(H,19,20)(H,21,22,23)/b18-17+. The third-order valence-corrected chi connectivity index (χ3v) is 5.19. The second kappa shape index (κ2) is 6.24. The van der Waals surface area contributed by atoms with E-state index in [1.165, 1.54) is 12.1 Å². The van der Waals surface area contributed by atoms with Gasteiger partial charge in [-0.15, -0.1) is 21.6 Å². The molecule has 0 unspecified atom stereocenters. The molecule has 8 nitrogen and oxygen atoms in total. The van der Waals surface area contributed by atoms with Crippen LogP contribution in [0.15, 0.2) is 56.9 Å². The van der Waals surface area contributed by atoms with E-state index < -0.39 is 16.1 Å². The summed E-state index contributed by atoms with van der Waals surface area (Å²) in [6, 6.07) is 8.95. The lowest BCUT2D eigenvalue weighted by Gasteiger charge is -2.09. The molecule has 0 aliphatic carbocycles. The van der Waals surface area contributed by atoms with Crippen molar-refractivity contribution in [1.29, 1.82) is 0 Å². The van der Waals surface area contributed by atoms with Crippen LogP contribution in [0.3, 0.4) is 0 Å². The van der Waals surface area contributed by atoms with Gasteiger partial charge in [-0.1, -0.05) is 24.3 Å². The highest BCUT2D eigenvalue weighted by molar-refractivity contribution is 7.86. The molecule has 0 saturated carbocycles. The molecular weight excluding hydrogens is 366 g/mol. The average Bonchev–Trinajstić information content (AvgIpc) is 3.02. The van der Waals surface area contributed by atoms with Gasteiger partial charge in [-0.25, -0.2) is 4.79 Å². The number of carbonyl (C=O) groups is 1. The molecule has 128 valence electrons. The number of nitrogens with zero attached hydrogens (tertiary/aromatic N) is 2. The maximum atomic E-state index is 11.7. The summed E-state index contributed by atoms with van der Waals surface area (Å²) in [6.07, 6.45) is 0. The van der Waals surface area contributed by atoms with Crippen LogP contribution in [0.2, 0.25) is 0 Å². The van der Waals surface area contributed by atoms with Gasteiger partial charge in [0, 0.05) is 10.8 Å². The van der Waals surface area contributed by atoms with Crippen molar-refractivity contribution in [1.82, 2.24) is 0 Å². The first kappa shape index (κ1) is 17.0. The maximum Gasteiger partial charge on any atom is 0.348 e. The number of carboxylic acid groups (broad SMARTS) is 1. The minimum atomic E-state index is -4.51. The minimum absolute atomic E-state index is 0.00175. The topological polar surface area (TPSA) is 142 Å². The van der Waals surface area contributed by atoms with E-state index >= 15 is 0 Å². The summed E-state index contributed by atoms with van der Waals surface area (Å²) in [6.45, 7) is 0. The van der Waals surface area contributed by atoms with Gasteiger partial charge in [-0.05, 0) is 17.5 Å². The number of nitrogen functional groups attached to an aromatic ring is 1. The number of anilines is 1. The first-order valence-electron chi connectivity index (χ1n) is 6.80. The highest BCUT2D eigenvalue weighted by Crippen LogP contribution is 2.37. The third kappa shape index (κ3) is 3.22. The molecule has 25 heavy (non-hydrogen) atoms. The minimum Gasteiger partial charge on any atom is -0.477 e. The number of benzene rings is 2. The predicted molar refractivity (Wildman–Crippen MR) is 93.6 cm³/mol. The van der Waals surface area contributed by atoms with Crippen LogP contribution in [-0.4, -0.2) is 24.0 Å². The van der Waals surface area contributed by atoms with Crippen LogP contribution in [0.25, 0.3) is 10.8 Å². The largest absolute Gasteiger partial charge is 0.477 e. The van der Waals surface area contributed by atoms with E-state index in [2.05, 4.69) is 10.2 Å². The molecule has 1 heterocycles. The van der Waals surface area contributed by atoms with Crippen LogP contribution in [0.4, 0.5) is 17.1 Å². The van der Waals surface area contributed by atoms with Gasteiger partial charge in [0.15, 0.2) is 0 Å². The molecule has 0 aliphatic heterocycles. The zero-order chi connectivity index (χ0) is 18.2. The normalized spacial score (nSPS) is 12.0. The Morgan fingerprint density at radius 3 is 2.36 bits per heavy atom. The van der Waals surface area contributed by atoms with Crippen molar-refractivity contribution in [3.63, 3.8) is 0 Å². The van der Waals surface area contributed by atoms with Gasteiger partial charge in [-0.3, -0.25) is 4.55 Å². The molecule has 0 bridgehead atoms. The number of nitrogens with two attached hydrogens (primary N) is 1. The maximum absolute atomic E-state index is 11.7. The fourth-order valence-corrected chi connectivity index (χ4v) is 3.68. The van der Waals surface area contributed by atoms with Crippen LogP contribution in [0.5, 0.6) is 0 Å². The van der Waals surface area contributed by atoms with Crippen molar-refractivity contribution in [3.05, 3.63) is 46.7 Å². The molecule has 0 fully saturated rings. The van der Waals surface area contributed by atoms with E-state index in [0.717, 1.165) is 17.4 Å². The monoisotopic (exact) mass is 377 g/mol. The Hall–Kier alpha value is -2.82. The Balaban J connectivity index is 2.20. The van der Waals surface area contributed by atoms with Crippen LogP contribution >= 0.6 is 11.3 Å². The fraction of sp³-hybridized carbons (Fsp3) is 0. The molecule has 0 atom stereocenters. The Morgan fingerprint density at radius 2 is 1.72 bits per heavy atom. The Labute approximate surface area is 146 Å². The number of thiophene rings is 1. The van der Waals surface area contributed by atoms with Gasteiger partial charge in [0.1, 0.15) is 21.1 Å². The molecule has 0 radical (unpaired) electrons. The number of aromatic carboxylic acids is 1. The molecule has 0 amide bonds. The van der Waals surface area contributed by atoms with Gasteiger partial charge in [0.2, 0.25) is 0 Å². The van der Waals surface area contributed by atoms with Gasteiger partial charge in [0.25, 0.3) is 10.1 Å². The summed E-state index contributed by atoms with van der Waals surface area (Å²) < 4.78 is 32.8. The Morgan fingerprint density at radius 1 is 1.08 bits per heavy atom. The van der Waals surface area contributed by atoms with Gasteiger partial charge < -0.3 is 10.8 Å². The van der Waals surface area contributed by atoms with Crippen molar-refractivity contribution < 1.29 is 22.9 Å². The number of carboxylic acids is 1. The van der Waals surface area contributed by atoms with Crippen LogP contribution in [0, 0.1) is 0 Å². The highest BCUT2D eigenvalue weighted by atomic mass is 32.2. The third-order valence-electron chi connectivity index (χ3n) is 3.41. The Kier molecular flexibility index (Phi) is 4.25. The molecule has 0 spiro atoms. The van der Waals surface area contributed by atoms with Crippen LogP contribution < -0.4 is 5.73 Å². The zero-order valence-electron chi connectivity index (χ0n) is 12.4. The predicted octanol–water partition coefficient (Wildman–Crippen LogP) is 3.84. The zero-order valence-corrected chi connectivity index (χ0v) is 14.1. The molecule has 1 aromatic heterocycles. The average molecular weight is 377 g/mol. The number of hydrogen-bond donors (Lipinski definition) is 3. The second-order valence-electron chi connectivity index (χ2n) is 4.97. The summed E-state index contributed by atoms with van der Waals surface area (Å²) in [5, 5.41) is 19.0. The van der Waals surface area contributed by atoms with Crippen LogP contribution in [-0.2, 0) is 10.1 Å². The summed E-state index contributed by atoms with van der Waals surface area (Å²) in [5.41, 5.74) is 6.32. The van der Waals surface area contributed by atoms with Crippen molar-refractivity contribution in [2.75, 3.05) is 5.73 Å². The smallest absolute Gasteiger partial charge is 0.348 e. The lowest BCUT2D eigenvalue weighted by atomic mass is 10.1. The van der Waals surface area contributed by atoms with E-state index in [9.17, 15) is 17.8 Å². The van der Waals surface area contributed by atoms with Crippen molar-refractivity contribution in [2.24, 2.45) is 10.2 Å². The first-order valence-corrected chi connectivity index (χ1v) is 9.12. The molecule has 4 N–H and O–H groups in total. The second-order valence-corrected chi connectivity index (χ2v) is 7.27. The summed E-state index contributed by atoms with van der Waals surface area (Å²) in [4.78, 5) is 10.7. The van der Waals surface area contributed by atoms with Crippen molar-refractivity contribution in [3.8, 4) is 0 Å². The molecule has 2 aromatic carbocycles. The van der Waals surface area contributed by atoms with Gasteiger partial charge in [0.05, 0.1) is 5.69 Å². The molecule has 3 aromatic rings. The van der Waals surface area contributed by atoms with E-state index in [-0.39, 0.29) is 32.2 Å². The first-order chi connectivity index (χ1) is 11.8. The quantitative estimate of drug-likeness (QED) is 0.358. The number of fused-ring (bicyclic) bond motifs is 1.